The van der Waals surface area contributed by atoms with E-state index in [9.17, 15) is 4.39 Å². The van der Waals surface area contributed by atoms with E-state index in [4.69, 9.17) is 11.6 Å². The highest BCUT2D eigenvalue weighted by atomic mass is 35.5. The van der Waals surface area contributed by atoms with Crippen LogP contribution in [0.25, 0.3) is 0 Å². The molecule has 1 aromatic rings. The van der Waals surface area contributed by atoms with Crippen LogP contribution in [0.1, 0.15) is 20.3 Å². The second-order valence-electron chi connectivity index (χ2n) is 3.08. The predicted molar refractivity (Wildman–Crippen MR) is 54.8 cm³/mol. The summed E-state index contributed by atoms with van der Waals surface area (Å²) < 4.78 is 13.2. The largest absolute Gasteiger partial charge is 0.380 e. The fourth-order valence-electron chi connectivity index (χ4n) is 0.974. The molecule has 1 aromatic carbocycles. The summed E-state index contributed by atoms with van der Waals surface area (Å²) in [6.07, 6.45) is 0.960. The summed E-state index contributed by atoms with van der Waals surface area (Å²) >= 11 is 5.62. The van der Waals surface area contributed by atoms with E-state index in [1.54, 1.807) is 12.1 Å². The summed E-state index contributed by atoms with van der Waals surface area (Å²) in [5, 5.41) is 3.48. The first-order valence-corrected chi connectivity index (χ1v) is 4.73. The summed E-state index contributed by atoms with van der Waals surface area (Å²) in [5.74, 6) is -0.298. The Hall–Kier alpha value is -0.760. The summed E-state index contributed by atoms with van der Waals surface area (Å²) in [7, 11) is 0. The van der Waals surface area contributed by atoms with Crippen LogP contribution >= 0.6 is 11.6 Å². The van der Waals surface area contributed by atoms with Gasteiger partial charge in [-0.15, -0.1) is 0 Å². The van der Waals surface area contributed by atoms with E-state index in [0.717, 1.165) is 6.42 Å². The van der Waals surface area contributed by atoms with Gasteiger partial charge in [-0.25, -0.2) is 4.39 Å². The van der Waals surface area contributed by atoms with E-state index >= 15 is 0 Å². The molecule has 72 valence electrons. The molecule has 1 unspecified atom stereocenters. The molecule has 0 spiro atoms. The fourth-order valence-corrected chi connectivity index (χ4v) is 1.13. The van der Waals surface area contributed by atoms with Crippen LogP contribution in [0.15, 0.2) is 18.2 Å². The zero-order valence-electron chi connectivity index (χ0n) is 7.77. The van der Waals surface area contributed by atoms with Gasteiger partial charge in [-0.2, -0.15) is 0 Å². The van der Waals surface area contributed by atoms with Crippen molar-refractivity contribution in [2.24, 2.45) is 0 Å². The molecule has 1 N–H and O–H groups in total. The lowest BCUT2D eigenvalue weighted by Crippen LogP contribution is -2.14. The molecule has 0 saturated heterocycles. The molecule has 0 saturated carbocycles. The zero-order chi connectivity index (χ0) is 9.84. The minimum Gasteiger partial charge on any atom is -0.380 e. The van der Waals surface area contributed by atoms with E-state index in [-0.39, 0.29) is 11.9 Å². The van der Waals surface area contributed by atoms with Crippen LogP contribution in [0.5, 0.6) is 0 Å². The smallest absolute Gasteiger partial charge is 0.147 e. The second-order valence-corrected chi connectivity index (χ2v) is 3.51. The maximum absolute atomic E-state index is 13.2. The Kier molecular flexibility index (Phi) is 3.55. The molecule has 0 bridgehead atoms. The molecule has 0 amide bonds. The van der Waals surface area contributed by atoms with Gasteiger partial charge >= 0.3 is 0 Å². The van der Waals surface area contributed by atoms with Crippen LogP contribution in [-0.2, 0) is 0 Å². The van der Waals surface area contributed by atoms with Crippen molar-refractivity contribution in [3.8, 4) is 0 Å². The predicted octanol–water partition coefficient (Wildman–Crippen LogP) is 3.69. The molecule has 1 atom stereocenters. The van der Waals surface area contributed by atoms with Gasteiger partial charge in [0.25, 0.3) is 0 Å². The molecule has 0 aliphatic rings. The molecule has 0 fully saturated rings. The number of hydrogen-bond donors (Lipinski definition) is 1. The first kappa shape index (κ1) is 10.3. The average molecular weight is 202 g/mol. The molecular formula is C10H13ClFN. The van der Waals surface area contributed by atoms with Gasteiger partial charge in [-0.05, 0) is 31.5 Å². The molecule has 0 aliphatic heterocycles. The lowest BCUT2D eigenvalue weighted by atomic mass is 10.2. The zero-order valence-corrected chi connectivity index (χ0v) is 8.53. The third kappa shape index (κ3) is 2.88. The van der Waals surface area contributed by atoms with E-state index < -0.39 is 0 Å². The summed E-state index contributed by atoms with van der Waals surface area (Å²) in [4.78, 5) is 0. The van der Waals surface area contributed by atoms with Crippen molar-refractivity contribution < 1.29 is 4.39 Å². The lowest BCUT2D eigenvalue weighted by Gasteiger charge is -2.13. The van der Waals surface area contributed by atoms with Crippen LogP contribution in [0.4, 0.5) is 10.1 Å². The van der Waals surface area contributed by atoms with Gasteiger partial charge in [0.15, 0.2) is 0 Å². The Balaban J connectivity index is 2.77. The maximum Gasteiger partial charge on any atom is 0.147 e. The SMILES string of the molecule is CCC(C)Nc1ccc(Cl)cc1F. The highest BCUT2D eigenvalue weighted by Gasteiger charge is 2.04. The fraction of sp³-hybridized carbons (Fsp3) is 0.400. The Bertz CT molecular complexity index is 288. The summed E-state index contributed by atoms with van der Waals surface area (Å²) in [6.45, 7) is 4.06. The van der Waals surface area contributed by atoms with Crippen LogP contribution in [0, 0.1) is 5.82 Å². The topological polar surface area (TPSA) is 12.0 Å². The number of nitrogens with one attached hydrogen (secondary N) is 1. The minimum atomic E-state index is -0.298. The Morgan fingerprint density at radius 3 is 2.77 bits per heavy atom. The van der Waals surface area contributed by atoms with E-state index in [1.807, 2.05) is 13.8 Å². The Morgan fingerprint density at radius 2 is 2.23 bits per heavy atom. The van der Waals surface area contributed by atoms with Gasteiger partial charge in [0, 0.05) is 11.1 Å². The van der Waals surface area contributed by atoms with Crippen molar-refractivity contribution in [1.29, 1.82) is 0 Å². The Labute approximate surface area is 82.9 Å². The lowest BCUT2D eigenvalue weighted by molar-refractivity contribution is 0.625. The van der Waals surface area contributed by atoms with E-state index in [1.165, 1.54) is 6.07 Å². The molecule has 1 nitrogen and oxygen atoms in total. The highest BCUT2D eigenvalue weighted by Crippen LogP contribution is 2.19. The van der Waals surface area contributed by atoms with Crippen molar-refractivity contribution in [2.75, 3.05) is 5.32 Å². The molecule has 0 heterocycles. The van der Waals surface area contributed by atoms with Gasteiger partial charge in [0.05, 0.1) is 5.69 Å². The van der Waals surface area contributed by atoms with Crippen LogP contribution < -0.4 is 5.32 Å². The highest BCUT2D eigenvalue weighted by molar-refractivity contribution is 6.30. The van der Waals surface area contributed by atoms with Crippen molar-refractivity contribution in [1.82, 2.24) is 0 Å². The standard InChI is InChI=1S/C10H13ClFN/c1-3-7(2)13-10-5-4-8(11)6-9(10)12/h4-7,13H,3H2,1-2H3. The third-order valence-corrected chi connectivity index (χ3v) is 2.18. The Morgan fingerprint density at radius 1 is 1.54 bits per heavy atom. The number of benzene rings is 1. The quantitative estimate of drug-likeness (QED) is 0.787. The van der Waals surface area contributed by atoms with Gasteiger partial charge in [-0.3, -0.25) is 0 Å². The van der Waals surface area contributed by atoms with Crippen molar-refractivity contribution in [3.05, 3.63) is 29.0 Å². The second kappa shape index (κ2) is 4.47. The monoisotopic (exact) mass is 201 g/mol. The average Bonchev–Trinajstić information content (AvgIpc) is 2.09. The van der Waals surface area contributed by atoms with Gasteiger partial charge in [-0.1, -0.05) is 18.5 Å². The molecule has 0 aromatic heterocycles. The van der Waals surface area contributed by atoms with Crippen molar-refractivity contribution in [3.63, 3.8) is 0 Å². The van der Waals surface area contributed by atoms with Gasteiger partial charge in [0.1, 0.15) is 5.82 Å². The van der Waals surface area contributed by atoms with E-state index in [0.29, 0.717) is 10.7 Å². The molecule has 13 heavy (non-hydrogen) atoms. The normalized spacial score (nSPS) is 12.6. The maximum atomic E-state index is 13.2. The third-order valence-electron chi connectivity index (χ3n) is 1.95. The number of hydrogen-bond acceptors (Lipinski definition) is 1. The first-order valence-electron chi connectivity index (χ1n) is 4.35. The minimum absolute atomic E-state index is 0.274. The van der Waals surface area contributed by atoms with Crippen molar-refractivity contribution >= 4 is 17.3 Å². The number of halogens is 2. The van der Waals surface area contributed by atoms with Crippen LogP contribution in [0.3, 0.4) is 0 Å². The van der Waals surface area contributed by atoms with Gasteiger partial charge in [0.2, 0.25) is 0 Å². The van der Waals surface area contributed by atoms with Gasteiger partial charge < -0.3 is 5.32 Å². The molecule has 0 radical (unpaired) electrons. The molecule has 0 aliphatic carbocycles. The number of rotatable bonds is 3. The molecule has 3 heteroatoms. The summed E-state index contributed by atoms with van der Waals surface area (Å²) in [6, 6.07) is 4.92. The number of anilines is 1. The molecular weight excluding hydrogens is 189 g/mol. The van der Waals surface area contributed by atoms with Crippen molar-refractivity contribution in [2.45, 2.75) is 26.3 Å². The first-order chi connectivity index (χ1) is 6.13. The summed E-state index contributed by atoms with van der Waals surface area (Å²) in [5.41, 5.74) is 0.513. The van der Waals surface area contributed by atoms with Crippen LogP contribution in [0.2, 0.25) is 5.02 Å². The van der Waals surface area contributed by atoms with Crippen LogP contribution in [-0.4, -0.2) is 6.04 Å². The molecule has 1 rings (SSSR count). The van der Waals surface area contributed by atoms with E-state index in [2.05, 4.69) is 5.32 Å².